The molecule has 0 fully saturated rings. The summed E-state index contributed by atoms with van der Waals surface area (Å²) >= 11 is 0. The van der Waals surface area contributed by atoms with Crippen LogP contribution in [-0.4, -0.2) is 25.9 Å². The van der Waals surface area contributed by atoms with Gasteiger partial charge in [0.25, 0.3) is 0 Å². The summed E-state index contributed by atoms with van der Waals surface area (Å²) < 4.78 is 4.09. The molecule has 20 heavy (non-hydrogen) atoms. The third-order valence-corrected chi connectivity index (χ3v) is 4.08. The Hall–Kier alpha value is -1.62. The lowest BCUT2D eigenvalue weighted by molar-refractivity contribution is 0.462. The van der Waals surface area contributed by atoms with Gasteiger partial charge in [-0.05, 0) is 43.4 Å². The topological polar surface area (TPSA) is 47.7 Å². The van der Waals surface area contributed by atoms with E-state index in [1.807, 2.05) is 11.7 Å². The van der Waals surface area contributed by atoms with E-state index in [-0.39, 0.29) is 0 Å². The van der Waals surface area contributed by atoms with Crippen molar-refractivity contribution >= 4 is 0 Å². The van der Waals surface area contributed by atoms with Crippen molar-refractivity contribution in [1.29, 1.82) is 0 Å². The van der Waals surface area contributed by atoms with Crippen LogP contribution < -0.4 is 5.32 Å². The number of nitrogens with one attached hydrogen (secondary N) is 1. The minimum atomic E-state index is 0.527. The molecule has 0 radical (unpaired) electrons. The zero-order valence-electron chi connectivity index (χ0n) is 12.3. The maximum absolute atomic E-state index is 4.30. The van der Waals surface area contributed by atoms with Crippen molar-refractivity contribution in [3.63, 3.8) is 0 Å². The highest BCUT2D eigenvalue weighted by Gasteiger charge is 2.21. The van der Waals surface area contributed by atoms with E-state index >= 15 is 0 Å². The Morgan fingerprint density at radius 3 is 3.05 bits per heavy atom. The quantitative estimate of drug-likeness (QED) is 0.907. The third-order valence-electron chi connectivity index (χ3n) is 4.08. The number of rotatable bonds is 5. The first-order valence-corrected chi connectivity index (χ1v) is 7.52. The Labute approximate surface area is 120 Å². The maximum Gasteiger partial charge on any atom is 0.146 e. The first-order chi connectivity index (χ1) is 9.78. The Balaban J connectivity index is 1.78. The summed E-state index contributed by atoms with van der Waals surface area (Å²) in [6.45, 7) is 4.11. The third kappa shape index (κ3) is 2.63. The minimum absolute atomic E-state index is 0.527. The molecule has 0 aliphatic heterocycles. The highest BCUT2D eigenvalue weighted by molar-refractivity contribution is 5.30. The van der Waals surface area contributed by atoms with Gasteiger partial charge in [-0.3, -0.25) is 4.68 Å². The van der Waals surface area contributed by atoms with E-state index in [1.165, 1.54) is 36.8 Å². The van der Waals surface area contributed by atoms with E-state index in [4.69, 9.17) is 0 Å². The summed E-state index contributed by atoms with van der Waals surface area (Å²) in [5.41, 5.74) is 2.97. The van der Waals surface area contributed by atoms with Crippen LogP contribution in [0.3, 0.4) is 0 Å². The van der Waals surface area contributed by atoms with E-state index < -0.39 is 0 Å². The molecule has 0 bridgehead atoms. The molecule has 0 spiro atoms. The van der Waals surface area contributed by atoms with Crippen molar-refractivity contribution < 1.29 is 0 Å². The molecule has 0 amide bonds. The summed E-state index contributed by atoms with van der Waals surface area (Å²) in [7, 11) is 1.94. The van der Waals surface area contributed by atoms with Gasteiger partial charge in [0, 0.05) is 25.5 Å². The normalized spacial score (nSPS) is 18.2. The standard InChI is InChI=1S/C15H23N5/c1-3-7-16-14-6-4-5-12-8-20(9-13(12)14)10-15-17-11-18-19(15)2/h8-9,11,14,16H,3-7,10H2,1-2H3. The van der Waals surface area contributed by atoms with Crippen LogP contribution in [0.15, 0.2) is 18.7 Å². The van der Waals surface area contributed by atoms with Crippen LogP contribution in [0.25, 0.3) is 0 Å². The van der Waals surface area contributed by atoms with Gasteiger partial charge in [-0.1, -0.05) is 6.92 Å². The molecule has 0 saturated carbocycles. The van der Waals surface area contributed by atoms with Crippen molar-refractivity contribution in [2.45, 2.75) is 45.2 Å². The lowest BCUT2D eigenvalue weighted by Crippen LogP contribution is -2.24. The number of fused-ring (bicyclic) bond motifs is 1. The van der Waals surface area contributed by atoms with Crippen LogP contribution in [0.2, 0.25) is 0 Å². The van der Waals surface area contributed by atoms with Crippen molar-refractivity contribution in [3.8, 4) is 0 Å². The van der Waals surface area contributed by atoms with Crippen LogP contribution in [0.1, 0.15) is 49.2 Å². The van der Waals surface area contributed by atoms with Gasteiger partial charge >= 0.3 is 0 Å². The number of hydrogen-bond donors (Lipinski definition) is 1. The highest BCUT2D eigenvalue weighted by Crippen LogP contribution is 2.30. The molecule has 5 nitrogen and oxygen atoms in total. The highest BCUT2D eigenvalue weighted by atomic mass is 15.3. The second-order valence-electron chi connectivity index (χ2n) is 5.61. The average Bonchev–Trinajstić information content (AvgIpc) is 3.03. The molecular weight excluding hydrogens is 250 g/mol. The summed E-state index contributed by atoms with van der Waals surface area (Å²) in [6, 6.07) is 0.527. The van der Waals surface area contributed by atoms with Crippen molar-refractivity contribution in [1.82, 2.24) is 24.6 Å². The second kappa shape index (κ2) is 5.79. The molecule has 3 rings (SSSR count). The van der Waals surface area contributed by atoms with Crippen LogP contribution in [-0.2, 0) is 20.0 Å². The fraction of sp³-hybridized carbons (Fsp3) is 0.600. The van der Waals surface area contributed by atoms with E-state index in [2.05, 4.69) is 39.3 Å². The molecule has 0 saturated heterocycles. The van der Waals surface area contributed by atoms with Crippen molar-refractivity contribution in [2.24, 2.45) is 7.05 Å². The van der Waals surface area contributed by atoms with Gasteiger partial charge in [-0.2, -0.15) is 5.10 Å². The van der Waals surface area contributed by atoms with Crippen LogP contribution in [0.4, 0.5) is 0 Å². The van der Waals surface area contributed by atoms with Crippen molar-refractivity contribution in [2.75, 3.05) is 6.54 Å². The SMILES string of the molecule is CCCNC1CCCc2cn(Cc3ncnn3C)cc21. The summed E-state index contributed by atoms with van der Waals surface area (Å²) in [5.74, 6) is 0.996. The Morgan fingerprint density at radius 1 is 1.40 bits per heavy atom. The number of aryl methyl sites for hydroxylation is 2. The van der Waals surface area contributed by atoms with Gasteiger partial charge < -0.3 is 9.88 Å². The Kier molecular flexibility index (Phi) is 3.87. The largest absolute Gasteiger partial charge is 0.346 e. The van der Waals surface area contributed by atoms with Gasteiger partial charge in [-0.15, -0.1) is 0 Å². The monoisotopic (exact) mass is 273 g/mol. The molecule has 1 unspecified atom stereocenters. The molecule has 1 atom stereocenters. The minimum Gasteiger partial charge on any atom is -0.346 e. The second-order valence-corrected chi connectivity index (χ2v) is 5.61. The van der Waals surface area contributed by atoms with Gasteiger partial charge in [0.2, 0.25) is 0 Å². The van der Waals surface area contributed by atoms with Crippen molar-refractivity contribution in [3.05, 3.63) is 35.7 Å². The molecule has 5 heteroatoms. The molecule has 108 valence electrons. The van der Waals surface area contributed by atoms with Gasteiger partial charge in [0.1, 0.15) is 12.2 Å². The van der Waals surface area contributed by atoms with Gasteiger partial charge in [0.05, 0.1) is 6.54 Å². The number of nitrogens with zero attached hydrogens (tertiary/aromatic N) is 4. The van der Waals surface area contributed by atoms with Crippen LogP contribution in [0, 0.1) is 0 Å². The van der Waals surface area contributed by atoms with E-state index in [0.29, 0.717) is 6.04 Å². The average molecular weight is 273 g/mol. The van der Waals surface area contributed by atoms with Crippen LogP contribution >= 0.6 is 0 Å². The zero-order valence-corrected chi connectivity index (χ0v) is 12.3. The molecule has 1 N–H and O–H groups in total. The molecular formula is C15H23N5. The number of aromatic nitrogens is 4. The molecule has 2 aromatic heterocycles. The maximum atomic E-state index is 4.30. The zero-order chi connectivity index (χ0) is 13.9. The smallest absolute Gasteiger partial charge is 0.146 e. The summed E-state index contributed by atoms with van der Waals surface area (Å²) in [6.07, 6.45) is 11.1. The van der Waals surface area contributed by atoms with Gasteiger partial charge in [0.15, 0.2) is 0 Å². The molecule has 1 aliphatic carbocycles. The first-order valence-electron chi connectivity index (χ1n) is 7.52. The van der Waals surface area contributed by atoms with Gasteiger partial charge in [-0.25, -0.2) is 4.98 Å². The first kappa shape index (κ1) is 13.4. The van der Waals surface area contributed by atoms with E-state index in [0.717, 1.165) is 18.9 Å². The summed E-state index contributed by atoms with van der Waals surface area (Å²) in [5, 5.41) is 7.79. The lowest BCUT2D eigenvalue weighted by atomic mass is 9.91. The Bertz CT molecular complexity index is 569. The summed E-state index contributed by atoms with van der Waals surface area (Å²) in [4.78, 5) is 4.30. The molecule has 2 heterocycles. The lowest BCUT2D eigenvalue weighted by Gasteiger charge is -2.23. The fourth-order valence-corrected chi connectivity index (χ4v) is 3.00. The predicted molar refractivity (Wildman–Crippen MR) is 78.5 cm³/mol. The molecule has 0 aromatic carbocycles. The fourth-order valence-electron chi connectivity index (χ4n) is 3.00. The van der Waals surface area contributed by atoms with Crippen LogP contribution in [0.5, 0.6) is 0 Å². The molecule has 1 aliphatic rings. The number of hydrogen-bond acceptors (Lipinski definition) is 3. The molecule has 2 aromatic rings. The predicted octanol–water partition coefficient (Wildman–Crippen LogP) is 2.04. The van der Waals surface area contributed by atoms with E-state index in [9.17, 15) is 0 Å². The Morgan fingerprint density at radius 2 is 2.30 bits per heavy atom. The van der Waals surface area contributed by atoms with E-state index in [1.54, 1.807) is 6.33 Å².